The fourth-order valence-corrected chi connectivity index (χ4v) is 1.96. The molecule has 0 atom stereocenters. The van der Waals surface area contributed by atoms with Gasteiger partial charge in [-0.25, -0.2) is 0 Å². The van der Waals surface area contributed by atoms with Gasteiger partial charge in [-0.05, 0) is 37.3 Å². The summed E-state index contributed by atoms with van der Waals surface area (Å²) in [7, 11) is 1.80. The molecule has 106 valence electrons. The zero-order valence-corrected chi connectivity index (χ0v) is 12.7. The van der Waals surface area contributed by atoms with Crippen LogP contribution in [0.3, 0.4) is 0 Å². The Labute approximate surface area is 116 Å². The van der Waals surface area contributed by atoms with Crippen LogP contribution in [-0.4, -0.2) is 29.9 Å². The minimum atomic E-state index is -0.795. The third-order valence-electron chi connectivity index (χ3n) is 3.28. The molecule has 1 amide bonds. The lowest BCUT2D eigenvalue weighted by Crippen LogP contribution is -2.50. The maximum absolute atomic E-state index is 11.9. The van der Waals surface area contributed by atoms with Crippen molar-refractivity contribution in [2.24, 2.45) is 5.73 Å². The van der Waals surface area contributed by atoms with Crippen LogP contribution in [0.1, 0.15) is 44.7 Å². The van der Waals surface area contributed by atoms with Crippen molar-refractivity contribution >= 4 is 5.91 Å². The average molecular weight is 262 g/mol. The summed E-state index contributed by atoms with van der Waals surface area (Å²) in [5.74, 6) is 0.530. The van der Waals surface area contributed by atoms with Crippen LogP contribution in [0.5, 0.6) is 0 Å². The first-order valence-corrected chi connectivity index (χ1v) is 6.85. The monoisotopic (exact) mass is 262 g/mol. The smallest absolute Gasteiger partial charge is 0.241 e. The van der Waals surface area contributed by atoms with Crippen LogP contribution in [0.15, 0.2) is 24.3 Å². The molecule has 0 aliphatic heterocycles. The Morgan fingerprint density at radius 1 is 1.26 bits per heavy atom. The fourth-order valence-electron chi connectivity index (χ4n) is 1.96. The van der Waals surface area contributed by atoms with E-state index in [4.69, 9.17) is 5.73 Å². The number of rotatable bonds is 5. The van der Waals surface area contributed by atoms with Gasteiger partial charge in [0.05, 0.1) is 5.54 Å². The van der Waals surface area contributed by atoms with Crippen LogP contribution in [0.4, 0.5) is 0 Å². The molecular formula is C16H26N2O. The molecule has 0 saturated carbocycles. The van der Waals surface area contributed by atoms with Crippen LogP contribution in [0.2, 0.25) is 0 Å². The molecule has 0 saturated heterocycles. The van der Waals surface area contributed by atoms with Gasteiger partial charge in [0.25, 0.3) is 0 Å². The number of nitrogens with two attached hydrogens (primary N) is 1. The van der Waals surface area contributed by atoms with Crippen molar-refractivity contribution in [3.63, 3.8) is 0 Å². The molecule has 3 heteroatoms. The second-order valence-electron chi connectivity index (χ2n) is 6.09. The minimum absolute atomic E-state index is 0.0219. The molecule has 1 aromatic rings. The highest BCUT2D eigenvalue weighted by atomic mass is 16.2. The molecular weight excluding hydrogens is 236 g/mol. The predicted octanol–water partition coefficient (Wildman–Crippen LogP) is 2.55. The summed E-state index contributed by atoms with van der Waals surface area (Å²) in [6.45, 7) is 8.54. The summed E-state index contributed by atoms with van der Waals surface area (Å²) < 4.78 is 0. The largest absolute Gasteiger partial charge is 0.344 e. The molecule has 3 nitrogen and oxygen atoms in total. The average Bonchev–Trinajstić information content (AvgIpc) is 2.34. The van der Waals surface area contributed by atoms with Crippen molar-refractivity contribution in [2.75, 3.05) is 13.6 Å². The molecule has 19 heavy (non-hydrogen) atoms. The van der Waals surface area contributed by atoms with Gasteiger partial charge in [-0.2, -0.15) is 0 Å². The normalized spacial score (nSPS) is 11.7. The molecule has 1 aromatic carbocycles. The van der Waals surface area contributed by atoms with Gasteiger partial charge in [-0.3, -0.25) is 4.79 Å². The summed E-state index contributed by atoms with van der Waals surface area (Å²) in [5, 5.41) is 0. The van der Waals surface area contributed by atoms with Gasteiger partial charge in [0.2, 0.25) is 5.91 Å². The number of likely N-dealkylation sites (N-methyl/N-ethyl adjacent to an activating group) is 1. The van der Waals surface area contributed by atoms with Gasteiger partial charge >= 0.3 is 0 Å². The van der Waals surface area contributed by atoms with E-state index >= 15 is 0 Å². The second kappa shape index (κ2) is 6.20. The van der Waals surface area contributed by atoms with E-state index in [1.165, 1.54) is 11.1 Å². The van der Waals surface area contributed by atoms with E-state index in [2.05, 4.69) is 38.1 Å². The first-order valence-electron chi connectivity index (χ1n) is 6.85. The molecule has 0 fully saturated rings. The maximum atomic E-state index is 11.9. The van der Waals surface area contributed by atoms with E-state index in [1.54, 1.807) is 25.8 Å². The SMILES string of the molecule is CC(C)c1ccc(CCN(C)C(=O)C(C)(C)N)cc1. The first-order chi connectivity index (χ1) is 8.71. The van der Waals surface area contributed by atoms with Crippen molar-refractivity contribution in [1.29, 1.82) is 0 Å². The van der Waals surface area contributed by atoms with Crippen molar-refractivity contribution in [3.8, 4) is 0 Å². The summed E-state index contributed by atoms with van der Waals surface area (Å²) in [4.78, 5) is 13.6. The molecule has 0 heterocycles. The van der Waals surface area contributed by atoms with Crippen molar-refractivity contribution in [3.05, 3.63) is 35.4 Å². The van der Waals surface area contributed by atoms with Gasteiger partial charge < -0.3 is 10.6 Å². The lowest BCUT2D eigenvalue weighted by molar-refractivity contribution is -0.134. The molecule has 0 radical (unpaired) electrons. The number of hydrogen-bond donors (Lipinski definition) is 1. The minimum Gasteiger partial charge on any atom is -0.344 e. The zero-order valence-electron chi connectivity index (χ0n) is 12.7. The van der Waals surface area contributed by atoms with Crippen LogP contribution in [0, 0.1) is 0 Å². The standard InChI is InChI=1S/C16H26N2O/c1-12(2)14-8-6-13(7-9-14)10-11-18(5)15(19)16(3,4)17/h6-9,12H,10-11,17H2,1-5H3. The molecule has 0 unspecified atom stereocenters. The molecule has 0 bridgehead atoms. The number of hydrogen-bond acceptors (Lipinski definition) is 2. The second-order valence-corrected chi connectivity index (χ2v) is 6.09. The lowest BCUT2D eigenvalue weighted by Gasteiger charge is -2.25. The van der Waals surface area contributed by atoms with E-state index in [0.717, 1.165) is 6.42 Å². The van der Waals surface area contributed by atoms with Crippen LogP contribution >= 0.6 is 0 Å². The molecule has 0 aliphatic carbocycles. The summed E-state index contributed by atoms with van der Waals surface area (Å²) in [6, 6.07) is 8.60. The number of carbonyl (C=O) groups is 1. The van der Waals surface area contributed by atoms with E-state index in [9.17, 15) is 4.79 Å². The Balaban J connectivity index is 2.55. The van der Waals surface area contributed by atoms with Gasteiger partial charge in [-0.15, -0.1) is 0 Å². The third kappa shape index (κ3) is 4.67. The van der Waals surface area contributed by atoms with Gasteiger partial charge in [0.1, 0.15) is 0 Å². The summed E-state index contributed by atoms with van der Waals surface area (Å²) >= 11 is 0. The van der Waals surface area contributed by atoms with E-state index < -0.39 is 5.54 Å². The fraction of sp³-hybridized carbons (Fsp3) is 0.562. The van der Waals surface area contributed by atoms with E-state index in [-0.39, 0.29) is 5.91 Å². The van der Waals surface area contributed by atoms with Crippen LogP contribution in [-0.2, 0) is 11.2 Å². The molecule has 2 N–H and O–H groups in total. The summed E-state index contributed by atoms with van der Waals surface area (Å²) in [6.07, 6.45) is 0.858. The molecule has 0 aromatic heterocycles. The Kier molecular flexibility index (Phi) is 5.12. The van der Waals surface area contributed by atoms with Crippen LogP contribution in [0.25, 0.3) is 0 Å². The Hall–Kier alpha value is -1.35. The number of nitrogens with zero attached hydrogens (tertiary/aromatic N) is 1. The van der Waals surface area contributed by atoms with Crippen molar-refractivity contribution in [2.45, 2.75) is 45.6 Å². The Morgan fingerprint density at radius 3 is 2.21 bits per heavy atom. The lowest BCUT2D eigenvalue weighted by atomic mass is 10.0. The molecule has 0 spiro atoms. The van der Waals surface area contributed by atoms with E-state index in [0.29, 0.717) is 12.5 Å². The van der Waals surface area contributed by atoms with Gasteiger partial charge in [0, 0.05) is 13.6 Å². The first kappa shape index (κ1) is 15.7. The topological polar surface area (TPSA) is 46.3 Å². The van der Waals surface area contributed by atoms with Gasteiger partial charge in [-0.1, -0.05) is 38.1 Å². The number of benzene rings is 1. The predicted molar refractivity (Wildman–Crippen MR) is 80.1 cm³/mol. The molecule has 0 aliphatic rings. The van der Waals surface area contributed by atoms with E-state index in [1.807, 2.05) is 0 Å². The van der Waals surface area contributed by atoms with Gasteiger partial charge in [0.15, 0.2) is 0 Å². The van der Waals surface area contributed by atoms with Crippen molar-refractivity contribution < 1.29 is 4.79 Å². The summed E-state index contributed by atoms with van der Waals surface area (Å²) in [5.41, 5.74) is 7.61. The number of amides is 1. The quantitative estimate of drug-likeness (QED) is 0.886. The highest BCUT2D eigenvalue weighted by Gasteiger charge is 2.25. The van der Waals surface area contributed by atoms with Crippen molar-refractivity contribution in [1.82, 2.24) is 4.90 Å². The maximum Gasteiger partial charge on any atom is 0.241 e. The van der Waals surface area contributed by atoms with Crippen LogP contribution < -0.4 is 5.73 Å². The Morgan fingerprint density at radius 2 is 1.79 bits per heavy atom. The highest BCUT2D eigenvalue weighted by molar-refractivity contribution is 5.84. The number of carbonyl (C=O) groups excluding carboxylic acids is 1. The zero-order chi connectivity index (χ0) is 14.6. The molecule has 1 rings (SSSR count). The Bertz CT molecular complexity index is 415. The highest BCUT2D eigenvalue weighted by Crippen LogP contribution is 2.15. The third-order valence-corrected chi connectivity index (χ3v) is 3.28.